The Balaban J connectivity index is 1.24. The van der Waals surface area contributed by atoms with Crippen molar-refractivity contribution in [1.82, 2.24) is 5.32 Å². The molecule has 3 N–H and O–H groups in total. The summed E-state index contributed by atoms with van der Waals surface area (Å²) in [5.41, 5.74) is 0.667. The fraction of sp³-hybridized carbons (Fsp3) is 0.190. The summed E-state index contributed by atoms with van der Waals surface area (Å²) < 4.78 is 43.2. The number of hydrogen-bond donors (Lipinski definition) is 3. The third kappa shape index (κ3) is 5.31. The van der Waals surface area contributed by atoms with Crippen LogP contribution in [-0.4, -0.2) is 45.5 Å². The maximum Gasteiger partial charge on any atom is 0.271 e. The number of rotatable bonds is 9. The molecule has 0 radical (unpaired) electrons. The van der Waals surface area contributed by atoms with Gasteiger partial charge in [0.1, 0.15) is 22.7 Å². The minimum absolute atomic E-state index is 0.0177. The number of thiophene rings is 1. The van der Waals surface area contributed by atoms with Gasteiger partial charge in [-0.3, -0.25) is 9.52 Å². The van der Waals surface area contributed by atoms with Crippen molar-refractivity contribution in [2.45, 2.75) is 10.3 Å². The normalized spacial score (nSPS) is 13.4. The summed E-state index contributed by atoms with van der Waals surface area (Å²) >= 11 is 1.11. The highest BCUT2D eigenvalue weighted by Gasteiger charge is 2.17. The Morgan fingerprint density at radius 2 is 1.91 bits per heavy atom. The average Bonchev–Trinajstić information content (AvgIpc) is 3.48. The van der Waals surface area contributed by atoms with Crippen LogP contribution >= 0.6 is 11.3 Å². The van der Waals surface area contributed by atoms with Gasteiger partial charge in [0.2, 0.25) is 6.79 Å². The largest absolute Gasteiger partial charge is 0.491 e. The molecule has 9 nitrogen and oxygen atoms in total. The molecule has 1 aromatic heterocycles. The summed E-state index contributed by atoms with van der Waals surface area (Å²) in [6, 6.07) is 14.2. The number of amides is 1. The first kappa shape index (κ1) is 21.9. The van der Waals surface area contributed by atoms with Crippen molar-refractivity contribution in [1.29, 1.82) is 0 Å². The second kappa shape index (κ2) is 9.47. The topological polar surface area (TPSA) is 123 Å². The number of benzene rings is 2. The molecule has 0 bridgehead atoms. The fourth-order valence-electron chi connectivity index (χ4n) is 2.84. The third-order valence-corrected chi connectivity index (χ3v) is 7.22. The van der Waals surface area contributed by atoms with Gasteiger partial charge in [0.15, 0.2) is 11.5 Å². The van der Waals surface area contributed by atoms with Gasteiger partial charge in [-0.25, -0.2) is 8.42 Å². The Bertz CT molecular complexity index is 1180. The van der Waals surface area contributed by atoms with E-state index < -0.39 is 22.0 Å². The predicted molar refractivity (Wildman–Crippen MR) is 118 cm³/mol. The van der Waals surface area contributed by atoms with E-state index in [1.54, 1.807) is 29.6 Å². The molecular formula is C21H20N2O7S2. The van der Waals surface area contributed by atoms with Crippen molar-refractivity contribution in [3.8, 4) is 17.2 Å². The quantitative estimate of drug-likeness (QED) is 0.433. The Labute approximate surface area is 188 Å². The average molecular weight is 477 g/mol. The van der Waals surface area contributed by atoms with Crippen molar-refractivity contribution >= 4 is 33.0 Å². The van der Waals surface area contributed by atoms with E-state index in [1.165, 1.54) is 30.3 Å². The van der Waals surface area contributed by atoms with Gasteiger partial charge in [-0.15, -0.1) is 11.3 Å². The molecule has 32 heavy (non-hydrogen) atoms. The van der Waals surface area contributed by atoms with Crippen molar-refractivity contribution in [2.24, 2.45) is 0 Å². The number of sulfonamides is 1. The summed E-state index contributed by atoms with van der Waals surface area (Å²) in [5.74, 6) is 1.32. The molecule has 0 saturated carbocycles. The van der Waals surface area contributed by atoms with E-state index >= 15 is 0 Å². The summed E-state index contributed by atoms with van der Waals surface area (Å²) in [4.78, 5) is 12.3. The number of aliphatic hydroxyl groups is 1. The van der Waals surface area contributed by atoms with Crippen molar-refractivity contribution in [3.05, 3.63) is 65.5 Å². The zero-order valence-electron chi connectivity index (χ0n) is 16.7. The molecule has 1 atom stereocenters. The van der Waals surface area contributed by atoms with Gasteiger partial charge in [-0.2, -0.15) is 0 Å². The van der Waals surface area contributed by atoms with E-state index in [2.05, 4.69) is 10.0 Å². The Hall–Kier alpha value is -3.28. The first-order chi connectivity index (χ1) is 15.4. The van der Waals surface area contributed by atoms with Gasteiger partial charge in [0, 0.05) is 23.9 Å². The number of fused-ring (bicyclic) bond motifs is 1. The number of nitrogens with one attached hydrogen (secondary N) is 2. The Kier molecular flexibility index (Phi) is 6.49. The van der Waals surface area contributed by atoms with Crippen LogP contribution in [0.5, 0.6) is 17.2 Å². The van der Waals surface area contributed by atoms with Crippen LogP contribution in [-0.2, 0) is 10.0 Å². The van der Waals surface area contributed by atoms with E-state index in [9.17, 15) is 18.3 Å². The number of hydrogen-bond acceptors (Lipinski definition) is 8. The highest BCUT2D eigenvalue weighted by molar-refractivity contribution is 7.94. The standard InChI is InChI=1S/C21H20N2O7S2/c24-16(12-28-17-7-8-18-19(10-17)30-13-29-18)11-22-21(25)14-3-5-15(6-4-14)23-32(26,27)20-2-1-9-31-20/h1-10,16,23-24H,11-13H2,(H,22,25). The predicted octanol–water partition coefficient (Wildman–Crippen LogP) is 2.45. The molecule has 4 rings (SSSR count). The Morgan fingerprint density at radius 1 is 1.12 bits per heavy atom. The van der Waals surface area contributed by atoms with Gasteiger partial charge in [-0.1, -0.05) is 6.07 Å². The molecule has 1 aliphatic rings. The van der Waals surface area contributed by atoms with Crippen LogP contribution in [0.1, 0.15) is 10.4 Å². The van der Waals surface area contributed by atoms with Gasteiger partial charge >= 0.3 is 0 Å². The summed E-state index contributed by atoms with van der Waals surface area (Å²) in [7, 11) is -3.65. The van der Waals surface area contributed by atoms with Gasteiger partial charge in [-0.05, 0) is 47.8 Å². The maximum atomic E-state index is 12.3. The molecule has 0 fully saturated rings. The van der Waals surface area contributed by atoms with Crippen LogP contribution in [0.2, 0.25) is 0 Å². The highest BCUT2D eigenvalue weighted by Crippen LogP contribution is 2.35. The van der Waals surface area contributed by atoms with Crippen LogP contribution in [0, 0.1) is 0 Å². The second-order valence-electron chi connectivity index (χ2n) is 6.80. The van der Waals surface area contributed by atoms with Crippen LogP contribution < -0.4 is 24.2 Å². The number of ether oxygens (including phenoxy) is 3. The SMILES string of the molecule is O=C(NCC(O)COc1ccc2c(c1)OCO2)c1ccc(NS(=O)(=O)c2cccs2)cc1. The summed E-state index contributed by atoms with van der Waals surface area (Å²) in [6.45, 7) is 0.119. The molecular weight excluding hydrogens is 456 g/mol. The molecule has 2 aromatic carbocycles. The third-order valence-electron chi connectivity index (χ3n) is 4.44. The molecule has 0 aliphatic carbocycles. The first-order valence-corrected chi connectivity index (χ1v) is 11.9. The zero-order chi connectivity index (χ0) is 22.6. The fourth-order valence-corrected chi connectivity index (χ4v) is 4.89. The van der Waals surface area contributed by atoms with Crippen LogP contribution in [0.25, 0.3) is 0 Å². The van der Waals surface area contributed by atoms with E-state index in [-0.39, 0.29) is 24.2 Å². The van der Waals surface area contributed by atoms with Crippen molar-refractivity contribution < 1.29 is 32.5 Å². The van der Waals surface area contributed by atoms with Crippen LogP contribution in [0.15, 0.2) is 64.2 Å². The molecule has 0 saturated heterocycles. The zero-order valence-corrected chi connectivity index (χ0v) is 18.3. The van der Waals surface area contributed by atoms with Crippen molar-refractivity contribution in [2.75, 3.05) is 24.7 Å². The molecule has 11 heteroatoms. The van der Waals surface area contributed by atoms with Crippen LogP contribution in [0.4, 0.5) is 5.69 Å². The van der Waals surface area contributed by atoms with Gasteiger partial charge < -0.3 is 24.6 Å². The molecule has 168 valence electrons. The summed E-state index contributed by atoms with van der Waals surface area (Å²) in [6.07, 6.45) is -0.929. The smallest absolute Gasteiger partial charge is 0.271 e. The number of anilines is 1. The minimum Gasteiger partial charge on any atom is -0.491 e. The first-order valence-electron chi connectivity index (χ1n) is 9.56. The van der Waals surface area contributed by atoms with Crippen LogP contribution in [0.3, 0.4) is 0 Å². The molecule has 1 amide bonds. The number of carbonyl (C=O) groups is 1. The lowest BCUT2D eigenvalue weighted by Crippen LogP contribution is -2.35. The van der Waals surface area contributed by atoms with Crippen molar-refractivity contribution in [3.63, 3.8) is 0 Å². The highest BCUT2D eigenvalue weighted by atomic mass is 32.2. The maximum absolute atomic E-state index is 12.3. The van der Waals surface area contributed by atoms with E-state index in [0.717, 1.165) is 11.3 Å². The molecule has 0 spiro atoms. The number of carbonyl (C=O) groups excluding carboxylic acids is 1. The minimum atomic E-state index is -3.65. The molecule has 1 aliphatic heterocycles. The number of aliphatic hydroxyl groups excluding tert-OH is 1. The lowest BCUT2D eigenvalue weighted by Gasteiger charge is -2.14. The van der Waals surface area contributed by atoms with E-state index in [4.69, 9.17) is 14.2 Å². The summed E-state index contributed by atoms with van der Waals surface area (Å²) in [5, 5.41) is 14.4. The van der Waals surface area contributed by atoms with E-state index in [0.29, 0.717) is 28.5 Å². The van der Waals surface area contributed by atoms with E-state index in [1.807, 2.05) is 0 Å². The van der Waals surface area contributed by atoms with Gasteiger partial charge in [0.25, 0.3) is 15.9 Å². The molecule has 3 aromatic rings. The second-order valence-corrected chi connectivity index (χ2v) is 9.66. The lowest BCUT2D eigenvalue weighted by atomic mass is 10.2. The van der Waals surface area contributed by atoms with Gasteiger partial charge in [0.05, 0.1) is 0 Å². The molecule has 1 unspecified atom stereocenters. The molecule has 2 heterocycles. The Morgan fingerprint density at radius 3 is 2.66 bits per heavy atom. The lowest BCUT2D eigenvalue weighted by molar-refractivity contribution is 0.0843. The monoisotopic (exact) mass is 476 g/mol.